The van der Waals surface area contributed by atoms with E-state index >= 15 is 0 Å². The van der Waals surface area contributed by atoms with Gasteiger partial charge in [-0.3, -0.25) is 0 Å². The van der Waals surface area contributed by atoms with Gasteiger partial charge in [0, 0.05) is 6.07 Å². The zero-order chi connectivity index (χ0) is 10.6. The number of aliphatic carboxylic acids is 1. The second kappa shape index (κ2) is 4.45. The molecule has 0 bridgehead atoms. The maximum absolute atomic E-state index is 12.7. The van der Waals surface area contributed by atoms with Crippen LogP contribution < -0.4 is 9.47 Å². The number of hydrogen-bond acceptors (Lipinski definition) is 3. The van der Waals surface area contributed by atoms with E-state index in [1.807, 2.05) is 0 Å². The molecule has 5 heteroatoms. The van der Waals surface area contributed by atoms with E-state index < -0.39 is 18.4 Å². The molecule has 0 fully saturated rings. The molecule has 14 heavy (non-hydrogen) atoms. The third-order valence-electron chi connectivity index (χ3n) is 1.48. The first kappa shape index (κ1) is 10.3. The second-order valence-electron chi connectivity index (χ2n) is 2.48. The SMILES string of the molecule is COc1cc(F)ccc1OCC(=O)O. The molecule has 1 aromatic carbocycles. The van der Waals surface area contributed by atoms with Crippen LogP contribution >= 0.6 is 0 Å². The zero-order valence-electron chi connectivity index (χ0n) is 7.49. The molecule has 0 aromatic heterocycles. The molecule has 0 amide bonds. The Morgan fingerprint density at radius 2 is 2.21 bits per heavy atom. The van der Waals surface area contributed by atoms with Gasteiger partial charge in [-0.15, -0.1) is 0 Å². The minimum atomic E-state index is -1.10. The van der Waals surface area contributed by atoms with Gasteiger partial charge in [-0.1, -0.05) is 0 Å². The molecule has 0 saturated carbocycles. The quantitative estimate of drug-likeness (QED) is 0.795. The van der Waals surface area contributed by atoms with Gasteiger partial charge in [-0.25, -0.2) is 9.18 Å². The normalized spacial score (nSPS) is 9.57. The fourth-order valence-electron chi connectivity index (χ4n) is 0.900. The van der Waals surface area contributed by atoms with Gasteiger partial charge in [-0.2, -0.15) is 0 Å². The van der Waals surface area contributed by atoms with E-state index in [4.69, 9.17) is 14.6 Å². The summed E-state index contributed by atoms with van der Waals surface area (Å²) >= 11 is 0. The highest BCUT2D eigenvalue weighted by molar-refractivity contribution is 5.68. The van der Waals surface area contributed by atoms with Gasteiger partial charge in [0.15, 0.2) is 18.1 Å². The molecular formula is C9H9FO4. The Bertz CT molecular complexity index is 338. The van der Waals surface area contributed by atoms with Crippen molar-refractivity contribution in [2.45, 2.75) is 0 Å². The van der Waals surface area contributed by atoms with Gasteiger partial charge in [0.1, 0.15) is 5.82 Å². The van der Waals surface area contributed by atoms with Crippen LogP contribution in [0.3, 0.4) is 0 Å². The van der Waals surface area contributed by atoms with Crippen molar-refractivity contribution < 1.29 is 23.8 Å². The van der Waals surface area contributed by atoms with Gasteiger partial charge in [-0.05, 0) is 12.1 Å². The molecule has 0 spiro atoms. The van der Waals surface area contributed by atoms with Crippen LogP contribution in [0.25, 0.3) is 0 Å². The lowest BCUT2D eigenvalue weighted by Gasteiger charge is -2.08. The fraction of sp³-hybridized carbons (Fsp3) is 0.222. The number of halogens is 1. The molecule has 0 heterocycles. The van der Waals surface area contributed by atoms with E-state index in [1.165, 1.54) is 19.2 Å². The number of benzene rings is 1. The monoisotopic (exact) mass is 200 g/mol. The lowest BCUT2D eigenvalue weighted by Crippen LogP contribution is -2.10. The fourth-order valence-corrected chi connectivity index (χ4v) is 0.900. The molecule has 1 rings (SSSR count). The first-order chi connectivity index (χ1) is 6.63. The van der Waals surface area contributed by atoms with E-state index in [9.17, 15) is 9.18 Å². The third-order valence-corrected chi connectivity index (χ3v) is 1.48. The number of carbonyl (C=O) groups is 1. The summed E-state index contributed by atoms with van der Waals surface area (Å²) in [5, 5.41) is 8.35. The summed E-state index contributed by atoms with van der Waals surface area (Å²) in [5.41, 5.74) is 0. The maximum atomic E-state index is 12.7. The van der Waals surface area contributed by atoms with Crippen LogP contribution in [0.15, 0.2) is 18.2 Å². The van der Waals surface area contributed by atoms with Gasteiger partial charge in [0.05, 0.1) is 7.11 Å². The largest absolute Gasteiger partial charge is 0.493 e. The minimum absolute atomic E-state index is 0.172. The number of carboxylic acid groups (broad SMARTS) is 1. The van der Waals surface area contributed by atoms with E-state index in [2.05, 4.69) is 0 Å². The van der Waals surface area contributed by atoms with E-state index in [0.29, 0.717) is 0 Å². The van der Waals surface area contributed by atoms with Crippen molar-refractivity contribution in [3.05, 3.63) is 24.0 Å². The molecule has 0 saturated heterocycles. The molecule has 0 unspecified atom stereocenters. The predicted octanol–water partition coefficient (Wildman–Crippen LogP) is 1.30. The van der Waals surface area contributed by atoms with Crippen LogP contribution in [-0.4, -0.2) is 24.8 Å². The van der Waals surface area contributed by atoms with Crippen molar-refractivity contribution in [3.8, 4) is 11.5 Å². The van der Waals surface area contributed by atoms with Crippen molar-refractivity contribution in [1.29, 1.82) is 0 Å². The highest BCUT2D eigenvalue weighted by Crippen LogP contribution is 2.27. The molecule has 4 nitrogen and oxygen atoms in total. The van der Waals surface area contributed by atoms with Gasteiger partial charge < -0.3 is 14.6 Å². The van der Waals surface area contributed by atoms with E-state index in [0.717, 1.165) is 6.07 Å². The molecule has 0 atom stereocenters. The average Bonchev–Trinajstić information content (AvgIpc) is 2.15. The van der Waals surface area contributed by atoms with Gasteiger partial charge >= 0.3 is 5.97 Å². The van der Waals surface area contributed by atoms with Crippen LogP contribution in [0.1, 0.15) is 0 Å². The smallest absolute Gasteiger partial charge is 0.341 e. The zero-order valence-corrected chi connectivity index (χ0v) is 7.49. The highest BCUT2D eigenvalue weighted by Gasteiger charge is 2.07. The molecule has 0 radical (unpaired) electrons. The summed E-state index contributed by atoms with van der Waals surface area (Å²) in [6.45, 7) is -0.484. The molecule has 0 aliphatic heterocycles. The summed E-state index contributed by atoms with van der Waals surface area (Å²) in [5.74, 6) is -1.19. The van der Waals surface area contributed by atoms with Crippen LogP contribution in [0, 0.1) is 5.82 Å². The number of methoxy groups -OCH3 is 1. The minimum Gasteiger partial charge on any atom is -0.493 e. The Balaban J connectivity index is 2.80. The topological polar surface area (TPSA) is 55.8 Å². The summed E-state index contributed by atoms with van der Waals surface area (Å²) in [4.78, 5) is 10.2. The molecule has 76 valence electrons. The second-order valence-corrected chi connectivity index (χ2v) is 2.48. The predicted molar refractivity (Wildman–Crippen MR) is 46.1 cm³/mol. The molecule has 1 aromatic rings. The van der Waals surface area contributed by atoms with Crippen molar-refractivity contribution in [3.63, 3.8) is 0 Å². The van der Waals surface area contributed by atoms with Crippen LogP contribution in [0.4, 0.5) is 4.39 Å². The third kappa shape index (κ3) is 2.62. The first-order valence-electron chi connectivity index (χ1n) is 3.81. The summed E-state index contributed by atoms with van der Waals surface area (Å²) < 4.78 is 22.3. The number of carboxylic acids is 1. The van der Waals surface area contributed by atoms with Crippen LogP contribution in [0.5, 0.6) is 11.5 Å². The van der Waals surface area contributed by atoms with Crippen molar-refractivity contribution in [1.82, 2.24) is 0 Å². The van der Waals surface area contributed by atoms with E-state index in [1.54, 1.807) is 0 Å². The van der Waals surface area contributed by atoms with E-state index in [-0.39, 0.29) is 11.5 Å². The summed E-state index contributed by atoms with van der Waals surface area (Å²) in [6.07, 6.45) is 0. The van der Waals surface area contributed by atoms with Crippen molar-refractivity contribution in [2.75, 3.05) is 13.7 Å². The maximum Gasteiger partial charge on any atom is 0.341 e. The Hall–Kier alpha value is -1.78. The number of rotatable bonds is 4. The molecule has 0 aliphatic rings. The van der Waals surface area contributed by atoms with Crippen LogP contribution in [0.2, 0.25) is 0 Å². The van der Waals surface area contributed by atoms with Gasteiger partial charge in [0.25, 0.3) is 0 Å². The number of ether oxygens (including phenoxy) is 2. The summed E-state index contributed by atoms with van der Waals surface area (Å²) in [6, 6.07) is 3.61. The molecule has 1 N–H and O–H groups in total. The first-order valence-corrected chi connectivity index (χ1v) is 3.81. The molecular weight excluding hydrogens is 191 g/mol. The average molecular weight is 200 g/mol. The van der Waals surface area contributed by atoms with Crippen LogP contribution in [-0.2, 0) is 4.79 Å². The Morgan fingerprint density at radius 3 is 2.79 bits per heavy atom. The summed E-state index contributed by atoms with van der Waals surface area (Å²) in [7, 11) is 1.35. The van der Waals surface area contributed by atoms with Crippen molar-refractivity contribution in [2.24, 2.45) is 0 Å². The Kier molecular flexibility index (Phi) is 3.28. The highest BCUT2D eigenvalue weighted by atomic mass is 19.1. The Labute approximate surface area is 79.9 Å². The molecule has 0 aliphatic carbocycles. The van der Waals surface area contributed by atoms with Crippen molar-refractivity contribution >= 4 is 5.97 Å². The lowest BCUT2D eigenvalue weighted by molar-refractivity contribution is -0.139. The standard InChI is InChI=1S/C9H9FO4/c1-13-8-4-6(10)2-3-7(8)14-5-9(11)12/h2-4H,5H2,1H3,(H,11,12). The number of hydrogen-bond donors (Lipinski definition) is 1. The Morgan fingerprint density at radius 1 is 1.50 bits per heavy atom. The lowest BCUT2D eigenvalue weighted by atomic mass is 10.3. The van der Waals surface area contributed by atoms with Gasteiger partial charge in [0.2, 0.25) is 0 Å².